The second-order valence-corrected chi connectivity index (χ2v) is 3.41. The standard InChI is InChI=1S/C8H10N6/c1-2-6-13(5-1)8-4-3-7-9-11-12-14(7)10-8/h3-4H,1-2,5-6H2. The summed E-state index contributed by atoms with van der Waals surface area (Å²) in [6.45, 7) is 2.17. The first-order chi connectivity index (χ1) is 6.93. The Hall–Kier alpha value is -1.72. The molecule has 0 saturated carbocycles. The molecule has 0 aromatic carbocycles. The highest BCUT2D eigenvalue weighted by Gasteiger charge is 2.14. The molecule has 0 unspecified atom stereocenters. The van der Waals surface area contributed by atoms with Crippen molar-refractivity contribution in [1.82, 2.24) is 25.3 Å². The van der Waals surface area contributed by atoms with E-state index in [-0.39, 0.29) is 0 Å². The molecular formula is C8H10N6. The van der Waals surface area contributed by atoms with Crippen LogP contribution in [-0.2, 0) is 0 Å². The van der Waals surface area contributed by atoms with Gasteiger partial charge in [-0.2, -0.15) is 0 Å². The maximum absolute atomic E-state index is 4.32. The van der Waals surface area contributed by atoms with Crippen molar-refractivity contribution in [2.75, 3.05) is 18.0 Å². The number of nitrogens with zero attached hydrogens (tertiary/aromatic N) is 6. The van der Waals surface area contributed by atoms with E-state index in [9.17, 15) is 0 Å². The molecule has 2 aromatic rings. The molecule has 1 aliphatic rings. The first kappa shape index (κ1) is 7.66. The Morgan fingerprint density at radius 1 is 1.14 bits per heavy atom. The molecular weight excluding hydrogens is 180 g/mol. The van der Waals surface area contributed by atoms with Crippen molar-refractivity contribution in [2.45, 2.75) is 12.8 Å². The highest BCUT2D eigenvalue weighted by Crippen LogP contribution is 2.16. The molecule has 0 atom stereocenters. The lowest BCUT2D eigenvalue weighted by Crippen LogP contribution is -2.19. The van der Waals surface area contributed by atoms with Crippen LogP contribution in [0.1, 0.15) is 12.8 Å². The van der Waals surface area contributed by atoms with Gasteiger partial charge in [-0.05, 0) is 35.4 Å². The number of anilines is 1. The Morgan fingerprint density at radius 3 is 2.86 bits per heavy atom. The number of aromatic nitrogens is 5. The van der Waals surface area contributed by atoms with Crippen LogP contribution in [-0.4, -0.2) is 38.3 Å². The number of hydrogen-bond acceptors (Lipinski definition) is 5. The van der Waals surface area contributed by atoms with Gasteiger partial charge in [-0.1, -0.05) is 0 Å². The van der Waals surface area contributed by atoms with Crippen LogP contribution in [0.2, 0.25) is 0 Å². The smallest absolute Gasteiger partial charge is 0.200 e. The van der Waals surface area contributed by atoms with Gasteiger partial charge in [0.15, 0.2) is 11.5 Å². The molecule has 1 aliphatic heterocycles. The van der Waals surface area contributed by atoms with Crippen LogP contribution in [0.3, 0.4) is 0 Å². The van der Waals surface area contributed by atoms with Crippen LogP contribution in [0.15, 0.2) is 12.1 Å². The third-order valence-corrected chi connectivity index (χ3v) is 2.49. The predicted octanol–water partition coefficient (Wildman–Crippen LogP) is 0.119. The van der Waals surface area contributed by atoms with E-state index < -0.39 is 0 Å². The molecule has 0 aliphatic carbocycles. The van der Waals surface area contributed by atoms with Crippen molar-refractivity contribution in [3.05, 3.63) is 12.1 Å². The summed E-state index contributed by atoms with van der Waals surface area (Å²) in [5, 5.41) is 15.5. The monoisotopic (exact) mass is 190 g/mol. The molecule has 72 valence electrons. The van der Waals surface area contributed by atoms with Crippen molar-refractivity contribution in [3.63, 3.8) is 0 Å². The van der Waals surface area contributed by atoms with E-state index in [0.29, 0.717) is 5.65 Å². The normalized spacial score (nSPS) is 16.7. The SMILES string of the molecule is c1cc2nnnn2nc1N1CCCC1. The summed E-state index contributed by atoms with van der Waals surface area (Å²) < 4.78 is 1.47. The van der Waals surface area contributed by atoms with Crippen molar-refractivity contribution < 1.29 is 0 Å². The Balaban J connectivity index is 2.04. The van der Waals surface area contributed by atoms with Gasteiger partial charge < -0.3 is 4.90 Å². The Bertz CT molecular complexity index is 444. The van der Waals surface area contributed by atoms with Crippen molar-refractivity contribution >= 4 is 11.5 Å². The Kier molecular flexibility index (Phi) is 1.59. The zero-order valence-electron chi connectivity index (χ0n) is 7.67. The van der Waals surface area contributed by atoms with Gasteiger partial charge in [0, 0.05) is 13.1 Å². The zero-order valence-corrected chi connectivity index (χ0v) is 7.67. The average Bonchev–Trinajstić information content (AvgIpc) is 2.88. The maximum Gasteiger partial charge on any atom is 0.200 e. The second-order valence-electron chi connectivity index (χ2n) is 3.41. The van der Waals surface area contributed by atoms with E-state index in [1.807, 2.05) is 12.1 Å². The molecule has 0 spiro atoms. The summed E-state index contributed by atoms with van der Waals surface area (Å²) in [5.41, 5.74) is 0.688. The lowest BCUT2D eigenvalue weighted by atomic mass is 10.4. The second kappa shape index (κ2) is 2.90. The van der Waals surface area contributed by atoms with Gasteiger partial charge in [0.2, 0.25) is 0 Å². The van der Waals surface area contributed by atoms with Crippen molar-refractivity contribution in [2.24, 2.45) is 0 Å². The van der Waals surface area contributed by atoms with Gasteiger partial charge in [-0.15, -0.1) is 14.8 Å². The van der Waals surface area contributed by atoms with Crippen LogP contribution in [0.4, 0.5) is 5.82 Å². The first-order valence-corrected chi connectivity index (χ1v) is 4.74. The first-order valence-electron chi connectivity index (χ1n) is 4.74. The molecule has 6 nitrogen and oxygen atoms in total. The number of tetrazole rings is 1. The molecule has 0 N–H and O–H groups in total. The molecule has 3 rings (SSSR count). The molecule has 6 heteroatoms. The van der Waals surface area contributed by atoms with Gasteiger partial charge in [-0.3, -0.25) is 0 Å². The van der Waals surface area contributed by atoms with Crippen LogP contribution >= 0.6 is 0 Å². The minimum Gasteiger partial charge on any atom is -0.355 e. The molecule has 1 fully saturated rings. The summed E-state index contributed by atoms with van der Waals surface area (Å²) in [6, 6.07) is 3.86. The third-order valence-electron chi connectivity index (χ3n) is 2.49. The van der Waals surface area contributed by atoms with E-state index in [2.05, 4.69) is 25.5 Å². The molecule has 0 amide bonds. The average molecular weight is 190 g/mol. The topological polar surface area (TPSA) is 59.2 Å². The maximum atomic E-state index is 4.32. The molecule has 1 saturated heterocycles. The third kappa shape index (κ3) is 1.11. The molecule has 2 aromatic heterocycles. The van der Waals surface area contributed by atoms with Crippen LogP contribution in [0.5, 0.6) is 0 Å². The van der Waals surface area contributed by atoms with Crippen LogP contribution in [0.25, 0.3) is 5.65 Å². The zero-order chi connectivity index (χ0) is 9.38. The van der Waals surface area contributed by atoms with Crippen LogP contribution in [0, 0.1) is 0 Å². The van der Waals surface area contributed by atoms with Gasteiger partial charge in [0.1, 0.15) is 0 Å². The number of hydrogen-bond donors (Lipinski definition) is 0. The summed E-state index contributed by atoms with van der Waals surface area (Å²) in [4.78, 5) is 2.25. The van der Waals surface area contributed by atoms with E-state index >= 15 is 0 Å². The largest absolute Gasteiger partial charge is 0.355 e. The summed E-state index contributed by atoms with van der Waals surface area (Å²) >= 11 is 0. The molecule has 0 radical (unpaired) electrons. The highest BCUT2D eigenvalue weighted by molar-refractivity contribution is 5.44. The van der Waals surface area contributed by atoms with E-state index in [0.717, 1.165) is 18.9 Å². The lowest BCUT2D eigenvalue weighted by Gasteiger charge is -2.14. The molecule has 3 heterocycles. The Labute approximate surface area is 80.5 Å². The van der Waals surface area contributed by atoms with Crippen molar-refractivity contribution in [1.29, 1.82) is 0 Å². The molecule has 0 bridgehead atoms. The minimum atomic E-state index is 0.688. The van der Waals surface area contributed by atoms with Crippen molar-refractivity contribution in [3.8, 4) is 0 Å². The van der Waals surface area contributed by atoms with Gasteiger partial charge in [0.05, 0.1) is 0 Å². The van der Waals surface area contributed by atoms with Gasteiger partial charge >= 0.3 is 0 Å². The van der Waals surface area contributed by atoms with E-state index in [4.69, 9.17) is 0 Å². The fourth-order valence-corrected chi connectivity index (χ4v) is 1.76. The minimum absolute atomic E-state index is 0.688. The predicted molar refractivity (Wildman–Crippen MR) is 50.0 cm³/mol. The summed E-state index contributed by atoms with van der Waals surface area (Å²) in [5.74, 6) is 0.960. The molecule has 14 heavy (non-hydrogen) atoms. The van der Waals surface area contributed by atoms with E-state index in [1.165, 1.54) is 17.5 Å². The van der Waals surface area contributed by atoms with Gasteiger partial charge in [0.25, 0.3) is 0 Å². The highest BCUT2D eigenvalue weighted by atomic mass is 15.6. The fraction of sp³-hybridized carbons (Fsp3) is 0.500. The fourth-order valence-electron chi connectivity index (χ4n) is 1.76. The summed E-state index contributed by atoms with van der Waals surface area (Å²) in [6.07, 6.45) is 2.49. The quantitative estimate of drug-likeness (QED) is 0.639. The number of fused-ring (bicyclic) bond motifs is 1. The van der Waals surface area contributed by atoms with Gasteiger partial charge in [-0.25, -0.2) is 0 Å². The summed E-state index contributed by atoms with van der Waals surface area (Å²) in [7, 11) is 0. The van der Waals surface area contributed by atoms with Crippen LogP contribution < -0.4 is 4.90 Å². The number of rotatable bonds is 1. The lowest BCUT2D eigenvalue weighted by molar-refractivity contribution is 0.722. The Morgan fingerprint density at radius 2 is 2.00 bits per heavy atom. The van der Waals surface area contributed by atoms with E-state index in [1.54, 1.807) is 0 Å².